The molecular formula is C6H5FO9. The summed E-state index contributed by atoms with van der Waals surface area (Å²) < 4.78 is 22.2. The molecule has 0 radical (unpaired) electrons. The fraction of sp³-hybridized carbons (Fsp3) is 0.333. The number of aliphatic hydroxyl groups is 1. The van der Waals surface area contributed by atoms with E-state index in [2.05, 4.69) is 19.2 Å². The highest BCUT2D eigenvalue weighted by Crippen LogP contribution is 1.91. The molecule has 0 aliphatic rings. The van der Waals surface area contributed by atoms with Crippen molar-refractivity contribution in [2.75, 3.05) is 13.2 Å². The Morgan fingerprint density at radius 3 is 2.06 bits per heavy atom. The van der Waals surface area contributed by atoms with Crippen LogP contribution in [0.2, 0.25) is 0 Å². The Morgan fingerprint density at radius 2 is 1.56 bits per heavy atom. The fourth-order valence-corrected chi connectivity index (χ4v) is 0.411. The molecule has 0 spiro atoms. The first-order valence-corrected chi connectivity index (χ1v) is 3.51. The van der Waals surface area contributed by atoms with Gasteiger partial charge in [0.05, 0.1) is 0 Å². The molecule has 0 aromatic carbocycles. The molecule has 0 fully saturated rings. The average Bonchev–Trinajstić information content (AvgIpc) is 2.26. The number of esters is 2. The highest BCUT2D eigenvalue weighted by Gasteiger charge is 2.16. The largest absolute Gasteiger partial charge is 0.553 e. The van der Waals surface area contributed by atoms with Gasteiger partial charge in [-0.25, -0.2) is 19.3 Å². The van der Waals surface area contributed by atoms with Crippen LogP contribution in [0.15, 0.2) is 0 Å². The molecule has 0 unspecified atom stereocenters. The molecule has 0 bridgehead atoms. The summed E-state index contributed by atoms with van der Waals surface area (Å²) >= 11 is 0. The maximum absolute atomic E-state index is 11.0. The van der Waals surface area contributed by atoms with E-state index >= 15 is 0 Å². The lowest BCUT2D eigenvalue weighted by atomic mass is 10.7. The lowest BCUT2D eigenvalue weighted by Gasteiger charge is -2.02. The number of carbonyl (C=O) groups is 4. The summed E-state index contributed by atoms with van der Waals surface area (Å²) in [7, 11) is 0. The first kappa shape index (κ1) is 13.8. The van der Waals surface area contributed by atoms with Crippen molar-refractivity contribution in [3.8, 4) is 0 Å². The summed E-state index contributed by atoms with van der Waals surface area (Å²) in [6.07, 6.45) is -3.53. The van der Waals surface area contributed by atoms with Crippen molar-refractivity contribution in [3.63, 3.8) is 0 Å². The zero-order valence-corrected chi connectivity index (χ0v) is 7.51. The molecule has 90 valence electrons. The number of hydrogen-bond donors (Lipinski definition) is 1. The Hall–Kier alpha value is -2.23. The van der Waals surface area contributed by atoms with Gasteiger partial charge in [-0.2, -0.15) is 4.79 Å². The number of aliphatic hydroxyl groups excluding tert-OH is 1. The van der Waals surface area contributed by atoms with E-state index < -0.39 is 37.5 Å². The second-order valence-corrected chi connectivity index (χ2v) is 1.97. The Morgan fingerprint density at radius 1 is 1.00 bits per heavy atom. The number of hydrogen-bond acceptors (Lipinski definition) is 9. The minimum Gasteiger partial charge on any atom is -0.422 e. The average molecular weight is 240 g/mol. The molecule has 0 saturated carbocycles. The molecule has 0 saturated heterocycles. The molecule has 10 heteroatoms. The minimum atomic E-state index is -1.94. The number of halogens is 1. The predicted molar refractivity (Wildman–Crippen MR) is 38.2 cm³/mol. The van der Waals surface area contributed by atoms with Crippen LogP contribution in [0.25, 0.3) is 0 Å². The van der Waals surface area contributed by atoms with E-state index in [0.717, 1.165) is 0 Å². The third-order valence-electron chi connectivity index (χ3n) is 0.894. The normalized spacial score (nSPS) is 8.88. The lowest BCUT2D eigenvalue weighted by Crippen LogP contribution is -2.22. The van der Waals surface area contributed by atoms with Gasteiger partial charge in [0.2, 0.25) is 0 Å². The summed E-state index contributed by atoms with van der Waals surface area (Å²) in [4.78, 5) is 43.8. The van der Waals surface area contributed by atoms with Gasteiger partial charge < -0.3 is 19.3 Å². The van der Waals surface area contributed by atoms with Crippen LogP contribution in [0.3, 0.4) is 0 Å². The summed E-state index contributed by atoms with van der Waals surface area (Å²) in [5.74, 6) is -2.75. The van der Waals surface area contributed by atoms with Crippen LogP contribution in [0.4, 0.5) is 14.1 Å². The van der Waals surface area contributed by atoms with E-state index in [1.54, 1.807) is 0 Å². The third-order valence-corrected chi connectivity index (χ3v) is 0.894. The Kier molecular flexibility index (Phi) is 6.12. The van der Waals surface area contributed by atoms with Crippen LogP contribution in [0.1, 0.15) is 0 Å². The van der Waals surface area contributed by atoms with Crippen LogP contribution >= 0.6 is 0 Å². The summed E-state index contributed by atoms with van der Waals surface area (Å²) in [5, 5.41) is 8.14. The third kappa shape index (κ3) is 6.26. The molecule has 0 aliphatic carbocycles. The molecule has 0 amide bonds. The minimum absolute atomic E-state index is 1.06. The molecule has 0 heterocycles. The van der Waals surface area contributed by atoms with E-state index in [9.17, 15) is 23.7 Å². The van der Waals surface area contributed by atoms with Crippen LogP contribution in [0, 0.1) is 0 Å². The van der Waals surface area contributed by atoms with Crippen molar-refractivity contribution in [1.29, 1.82) is 0 Å². The van der Waals surface area contributed by atoms with Crippen molar-refractivity contribution >= 4 is 24.2 Å². The quantitative estimate of drug-likeness (QED) is 0.499. The first-order chi connectivity index (χ1) is 7.49. The van der Waals surface area contributed by atoms with Gasteiger partial charge in [0, 0.05) is 4.53 Å². The van der Waals surface area contributed by atoms with Gasteiger partial charge in [-0.15, -0.1) is 0 Å². The summed E-state index contributed by atoms with van der Waals surface area (Å²) in [6, 6.07) is 0. The van der Waals surface area contributed by atoms with Gasteiger partial charge in [-0.1, -0.05) is 0 Å². The van der Waals surface area contributed by atoms with Gasteiger partial charge in [-0.05, 0) is 0 Å². The highest BCUT2D eigenvalue weighted by atomic mass is 19.3. The molecule has 1 N–H and O–H groups in total. The van der Waals surface area contributed by atoms with Crippen molar-refractivity contribution in [3.05, 3.63) is 0 Å². The van der Waals surface area contributed by atoms with Crippen LogP contribution in [-0.4, -0.2) is 42.6 Å². The molecule has 9 nitrogen and oxygen atoms in total. The van der Waals surface area contributed by atoms with E-state index in [1.807, 2.05) is 0 Å². The Labute approximate surface area is 86.5 Å². The highest BCUT2D eigenvalue weighted by molar-refractivity contribution is 5.85. The molecule has 0 rings (SSSR count). The van der Waals surface area contributed by atoms with Gasteiger partial charge in [0.1, 0.15) is 6.61 Å². The van der Waals surface area contributed by atoms with Crippen molar-refractivity contribution < 1.29 is 48.0 Å². The van der Waals surface area contributed by atoms with Crippen molar-refractivity contribution in [2.45, 2.75) is 0 Å². The van der Waals surface area contributed by atoms with Crippen molar-refractivity contribution in [1.82, 2.24) is 0 Å². The van der Waals surface area contributed by atoms with Crippen LogP contribution < -0.4 is 0 Å². The number of carbonyl (C=O) groups excluding carboxylic acids is 4. The van der Waals surface area contributed by atoms with E-state index in [-0.39, 0.29) is 0 Å². The van der Waals surface area contributed by atoms with Gasteiger partial charge >= 0.3 is 24.2 Å². The topological polar surface area (TPSA) is 125 Å². The number of rotatable bonds is 3. The molecule has 0 atom stereocenters. The smallest absolute Gasteiger partial charge is 0.422 e. The SMILES string of the molecule is O=C(COC(=O)OC(=O)CO)OC(=O)OF. The zero-order chi connectivity index (χ0) is 12.6. The molecular weight excluding hydrogens is 235 g/mol. The van der Waals surface area contributed by atoms with Crippen LogP contribution in [0.5, 0.6) is 0 Å². The molecule has 16 heavy (non-hydrogen) atoms. The predicted octanol–water partition coefficient (Wildman–Crippen LogP) is -0.777. The van der Waals surface area contributed by atoms with Crippen molar-refractivity contribution in [2.24, 2.45) is 0 Å². The first-order valence-electron chi connectivity index (χ1n) is 3.51. The molecule has 0 aliphatic heterocycles. The second-order valence-electron chi connectivity index (χ2n) is 1.97. The monoisotopic (exact) mass is 240 g/mol. The maximum Gasteiger partial charge on any atom is 0.553 e. The zero-order valence-electron chi connectivity index (χ0n) is 7.51. The van der Waals surface area contributed by atoms with E-state index in [0.29, 0.717) is 0 Å². The Bertz CT molecular complexity index is 268. The summed E-state index contributed by atoms with van der Waals surface area (Å²) in [6.45, 7) is -2.17. The Balaban J connectivity index is 3.79. The second kappa shape index (κ2) is 7.11. The molecule has 0 aromatic heterocycles. The van der Waals surface area contributed by atoms with Gasteiger partial charge in [0.15, 0.2) is 6.61 Å². The van der Waals surface area contributed by atoms with E-state index in [1.165, 1.54) is 0 Å². The maximum atomic E-state index is 11.0. The van der Waals surface area contributed by atoms with Crippen LogP contribution in [-0.2, 0) is 28.7 Å². The number of ether oxygens (including phenoxy) is 3. The lowest BCUT2D eigenvalue weighted by molar-refractivity contribution is -0.155. The van der Waals surface area contributed by atoms with E-state index in [4.69, 9.17) is 5.11 Å². The van der Waals surface area contributed by atoms with Gasteiger partial charge in [-0.3, -0.25) is 0 Å². The van der Waals surface area contributed by atoms with Gasteiger partial charge in [0.25, 0.3) is 0 Å². The molecule has 0 aromatic rings. The summed E-state index contributed by atoms with van der Waals surface area (Å²) in [5.41, 5.74) is 0. The standard InChI is InChI=1S/C6H5FO9/c7-16-6(12)15-4(10)2-13-5(11)14-3(9)1-8/h8H,1-2H2. The fourth-order valence-electron chi connectivity index (χ4n) is 0.411.